The van der Waals surface area contributed by atoms with Crippen LogP contribution in [0.15, 0.2) is 72.8 Å². The number of anilines is 4. The van der Waals surface area contributed by atoms with Crippen LogP contribution in [-0.4, -0.2) is 48.6 Å². The number of phenolic OH excluding ortho intramolecular Hbond substituents is 4. The number of nitrogen functional groups attached to an aromatic ring is 2. The predicted molar refractivity (Wildman–Crippen MR) is 174 cm³/mol. The number of rotatable bonds is 6. The van der Waals surface area contributed by atoms with Crippen LogP contribution >= 0.6 is 0 Å². The van der Waals surface area contributed by atoms with Gasteiger partial charge < -0.3 is 41.7 Å². The molecule has 0 saturated heterocycles. The van der Waals surface area contributed by atoms with Gasteiger partial charge in [-0.2, -0.15) is 0 Å². The van der Waals surface area contributed by atoms with E-state index < -0.39 is 0 Å². The van der Waals surface area contributed by atoms with Gasteiger partial charge in [-0.05, 0) is 70.8 Å². The fourth-order valence-corrected chi connectivity index (χ4v) is 4.76. The molecule has 0 aromatic heterocycles. The van der Waals surface area contributed by atoms with Crippen molar-refractivity contribution >= 4 is 22.7 Å². The van der Waals surface area contributed by atoms with E-state index in [0.717, 1.165) is 33.6 Å². The summed E-state index contributed by atoms with van der Waals surface area (Å²) in [5.41, 5.74) is 17.3. The van der Waals surface area contributed by atoms with Gasteiger partial charge >= 0.3 is 0 Å². The van der Waals surface area contributed by atoms with Crippen molar-refractivity contribution < 1.29 is 20.4 Å². The molecule has 0 unspecified atom stereocenters. The summed E-state index contributed by atoms with van der Waals surface area (Å²) in [5, 5.41) is 39.0. The van der Waals surface area contributed by atoms with Crippen LogP contribution in [0.4, 0.5) is 22.7 Å². The molecular weight excluding hydrogens is 528 g/mol. The molecule has 224 valence electrons. The summed E-state index contributed by atoms with van der Waals surface area (Å²) >= 11 is 0. The number of hydrogen-bond acceptors (Lipinski definition) is 8. The molecule has 0 spiro atoms. The standard InChI is InChI=1S/C19H26N2O2.C15H18N2O2/c1-19(2,13-7-9-17(22)15(11-13)20(3)4)14-8-10-18(23)16(12-14)21(5)6;1-15(2,9-3-5-13(18)11(16)7-9)10-4-6-14(19)12(17)8-10/h7-12,22-23H,1-6H3;3-8,18-19H,16-17H2,1-2H3. The molecule has 0 fully saturated rings. The number of nitrogens with zero attached hydrogens (tertiary/aromatic N) is 2. The van der Waals surface area contributed by atoms with E-state index in [-0.39, 0.29) is 33.8 Å². The molecule has 0 aliphatic rings. The zero-order chi connectivity index (χ0) is 31.6. The number of phenols is 4. The van der Waals surface area contributed by atoms with Crippen molar-refractivity contribution in [2.45, 2.75) is 38.5 Å². The zero-order valence-electron chi connectivity index (χ0n) is 25.8. The molecule has 42 heavy (non-hydrogen) atoms. The van der Waals surface area contributed by atoms with Gasteiger partial charge in [0.2, 0.25) is 0 Å². The lowest BCUT2D eigenvalue weighted by atomic mass is 9.77. The van der Waals surface area contributed by atoms with Gasteiger partial charge in [-0.3, -0.25) is 0 Å². The van der Waals surface area contributed by atoms with E-state index in [4.69, 9.17) is 11.5 Å². The first-order chi connectivity index (χ1) is 19.5. The molecule has 0 heterocycles. The van der Waals surface area contributed by atoms with E-state index in [9.17, 15) is 20.4 Å². The summed E-state index contributed by atoms with van der Waals surface area (Å²) in [6.07, 6.45) is 0. The summed E-state index contributed by atoms with van der Waals surface area (Å²) < 4.78 is 0. The molecule has 0 bridgehead atoms. The Morgan fingerprint density at radius 3 is 0.976 bits per heavy atom. The van der Waals surface area contributed by atoms with Crippen LogP contribution in [-0.2, 0) is 10.8 Å². The van der Waals surface area contributed by atoms with Crippen LogP contribution < -0.4 is 21.3 Å². The van der Waals surface area contributed by atoms with Crippen molar-refractivity contribution in [1.82, 2.24) is 0 Å². The highest BCUT2D eigenvalue weighted by Gasteiger charge is 2.26. The van der Waals surface area contributed by atoms with Crippen LogP contribution in [0, 0.1) is 0 Å². The molecule has 0 aliphatic carbocycles. The highest BCUT2D eigenvalue weighted by atomic mass is 16.3. The smallest absolute Gasteiger partial charge is 0.138 e. The van der Waals surface area contributed by atoms with Crippen molar-refractivity contribution in [3.63, 3.8) is 0 Å². The second-order valence-electron chi connectivity index (χ2n) is 12.0. The fourth-order valence-electron chi connectivity index (χ4n) is 4.76. The minimum absolute atomic E-state index is 0.0739. The third kappa shape index (κ3) is 6.60. The lowest BCUT2D eigenvalue weighted by molar-refractivity contribution is 0.474. The summed E-state index contributed by atoms with van der Waals surface area (Å²) in [6.45, 7) is 8.35. The van der Waals surface area contributed by atoms with E-state index in [2.05, 4.69) is 13.8 Å². The minimum Gasteiger partial charge on any atom is -0.506 e. The molecule has 0 aliphatic heterocycles. The maximum atomic E-state index is 10.0. The van der Waals surface area contributed by atoms with Gasteiger partial charge in [-0.15, -0.1) is 0 Å². The number of hydrogen-bond donors (Lipinski definition) is 6. The summed E-state index contributed by atoms with van der Waals surface area (Å²) in [7, 11) is 7.65. The van der Waals surface area contributed by atoms with Crippen molar-refractivity contribution in [1.29, 1.82) is 0 Å². The quantitative estimate of drug-likeness (QED) is 0.120. The topological polar surface area (TPSA) is 139 Å². The van der Waals surface area contributed by atoms with E-state index in [1.54, 1.807) is 36.4 Å². The van der Waals surface area contributed by atoms with Gasteiger partial charge in [0.1, 0.15) is 23.0 Å². The van der Waals surface area contributed by atoms with E-state index in [0.29, 0.717) is 11.4 Å². The number of benzene rings is 4. The third-order valence-electron chi connectivity index (χ3n) is 7.86. The molecule has 4 rings (SSSR count). The Balaban J connectivity index is 0.000000235. The second kappa shape index (κ2) is 12.0. The van der Waals surface area contributed by atoms with E-state index in [1.165, 1.54) is 0 Å². The highest BCUT2D eigenvalue weighted by molar-refractivity contribution is 5.63. The Labute approximate surface area is 249 Å². The van der Waals surface area contributed by atoms with Crippen molar-refractivity contribution in [3.8, 4) is 23.0 Å². The molecule has 8 nitrogen and oxygen atoms in total. The second-order valence-corrected chi connectivity index (χ2v) is 12.0. The van der Waals surface area contributed by atoms with Crippen molar-refractivity contribution in [3.05, 3.63) is 95.1 Å². The van der Waals surface area contributed by atoms with Gasteiger partial charge in [0.05, 0.1) is 22.7 Å². The SMILES string of the molecule is CC(C)(c1ccc(O)c(N)c1)c1ccc(O)c(N)c1.CN(C)c1cc(C(C)(C)c2ccc(O)c(N(C)C)c2)ccc1O. The average molecular weight is 573 g/mol. The summed E-state index contributed by atoms with van der Waals surface area (Å²) in [6, 6.07) is 21.7. The summed E-state index contributed by atoms with van der Waals surface area (Å²) in [5.74, 6) is 0.693. The molecule has 8 heteroatoms. The monoisotopic (exact) mass is 572 g/mol. The Bertz CT molecular complexity index is 1450. The predicted octanol–water partition coefficient (Wildman–Crippen LogP) is 6.14. The molecule has 0 atom stereocenters. The minimum atomic E-state index is -0.330. The lowest BCUT2D eigenvalue weighted by Gasteiger charge is -2.29. The van der Waals surface area contributed by atoms with Crippen LogP contribution in [0.5, 0.6) is 23.0 Å². The van der Waals surface area contributed by atoms with E-state index in [1.807, 2.05) is 88.2 Å². The number of aromatic hydroxyl groups is 4. The van der Waals surface area contributed by atoms with Crippen LogP contribution in [0.2, 0.25) is 0 Å². The van der Waals surface area contributed by atoms with E-state index >= 15 is 0 Å². The first-order valence-electron chi connectivity index (χ1n) is 13.7. The Hall–Kier alpha value is -4.72. The van der Waals surface area contributed by atoms with Crippen LogP contribution in [0.25, 0.3) is 0 Å². The molecule has 0 saturated carbocycles. The lowest BCUT2D eigenvalue weighted by Crippen LogP contribution is -2.21. The molecule has 8 N–H and O–H groups in total. The van der Waals surface area contributed by atoms with Crippen molar-refractivity contribution in [2.24, 2.45) is 0 Å². The molecule has 4 aromatic carbocycles. The highest BCUT2D eigenvalue weighted by Crippen LogP contribution is 2.40. The van der Waals surface area contributed by atoms with Gasteiger partial charge in [-0.1, -0.05) is 52.0 Å². The Kier molecular flexibility index (Phi) is 9.11. The van der Waals surface area contributed by atoms with Crippen LogP contribution in [0.3, 0.4) is 0 Å². The first-order valence-corrected chi connectivity index (χ1v) is 13.7. The van der Waals surface area contributed by atoms with Gasteiger partial charge in [-0.25, -0.2) is 0 Å². The van der Waals surface area contributed by atoms with Crippen LogP contribution in [0.1, 0.15) is 49.9 Å². The summed E-state index contributed by atoms with van der Waals surface area (Å²) in [4.78, 5) is 3.80. The van der Waals surface area contributed by atoms with Gasteiger partial charge in [0.25, 0.3) is 0 Å². The largest absolute Gasteiger partial charge is 0.506 e. The normalized spacial score (nSPS) is 11.4. The molecule has 0 radical (unpaired) electrons. The number of nitrogens with two attached hydrogens (primary N) is 2. The fraction of sp³-hybridized carbons (Fsp3) is 0.294. The molecule has 4 aromatic rings. The Morgan fingerprint density at radius 1 is 0.452 bits per heavy atom. The maximum Gasteiger partial charge on any atom is 0.138 e. The average Bonchev–Trinajstić information content (AvgIpc) is 2.92. The maximum absolute atomic E-state index is 10.0. The van der Waals surface area contributed by atoms with Crippen molar-refractivity contribution in [2.75, 3.05) is 49.5 Å². The third-order valence-corrected chi connectivity index (χ3v) is 7.86. The Morgan fingerprint density at radius 2 is 0.714 bits per heavy atom. The molecule has 0 amide bonds. The van der Waals surface area contributed by atoms with Gasteiger partial charge in [0.15, 0.2) is 0 Å². The molecular formula is C34H44N4O4. The van der Waals surface area contributed by atoms with Gasteiger partial charge in [0, 0.05) is 39.0 Å². The zero-order valence-corrected chi connectivity index (χ0v) is 25.8. The first kappa shape index (κ1) is 31.8.